The molecular weight excluding hydrogens is 689 g/mol. The van der Waals surface area contributed by atoms with Gasteiger partial charge in [0.05, 0.1) is 11.8 Å². The minimum atomic E-state index is -3.89. The predicted molar refractivity (Wildman–Crippen MR) is 192 cm³/mol. The van der Waals surface area contributed by atoms with Crippen molar-refractivity contribution in [3.63, 3.8) is 0 Å². The van der Waals surface area contributed by atoms with Crippen LogP contribution >= 0.6 is 0 Å². The zero-order chi connectivity index (χ0) is 37.4. The minimum absolute atomic E-state index is 0.0389. The lowest BCUT2D eigenvalue weighted by Crippen LogP contribution is -2.59. The van der Waals surface area contributed by atoms with Crippen LogP contribution in [0.5, 0.6) is 0 Å². The van der Waals surface area contributed by atoms with E-state index in [9.17, 15) is 32.4 Å². The standard InChI is InChI=1S/C37H52N6O8S/c1-23-20-42(21-24-12-10-11-14-28(23)24)35(48)51-26-18-30-31(44)39-37(33(46)41-52(49,50)27-16-17-27)19-25(37)13-8-6-5-7-9-15-29(32(45)43(30)22-26)38-34(47)40-36(2,3)4/h8,10-14,23,25-27,29-30H,5-7,9,15-22H2,1-4H3,(H,39,44)(H,41,46)(H2,38,40,47)/b13-8-/t23?,25-,26+,29-,30-,37+/m0/s1. The summed E-state index contributed by atoms with van der Waals surface area (Å²) < 4.78 is 33.8. The number of nitrogens with one attached hydrogen (secondary N) is 4. The van der Waals surface area contributed by atoms with Gasteiger partial charge in [0, 0.05) is 31.0 Å². The first kappa shape index (κ1) is 37.6. The highest BCUT2D eigenvalue weighted by molar-refractivity contribution is 7.91. The van der Waals surface area contributed by atoms with Crippen molar-refractivity contribution in [2.75, 3.05) is 13.1 Å². The maximum absolute atomic E-state index is 14.4. The lowest BCUT2D eigenvalue weighted by atomic mass is 9.91. The summed E-state index contributed by atoms with van der Waals surface area (Å²) in [6, 6.07) is 5.28. The molecule has 6 amide bonds. The SMILES string of the molecule is CC1CN(C(=O)O[C@@H]2C[C@H]3C(=O)N[C@]4(C(=O)NS(=O)(=O)C5CC5)C[C@@H]4/C=C\CCCCC[C@H](NC(=O)NC(C)(C)C)C(=O)N3C2)Cc2ccccc21. The summed E-state index contributed by atoms with van der Waals surface area (Å²) in [6.07, 6.45) is 6.70. The molecule has 6 atom stereocenters. The van der Waals surface area contributed by atoms with Gasteiger partial charge in [0.25, 0.3) is 5.91 Å². The number of ether oxygens (including phenoxy) is 1. The Morgan fingerprint density at radius 2 is 1.77 bits per heavy atom. The molecule has 15 heteroatoms. The largest absolute Gasteiger partial charge is 0.444 e. The number of urea groups is 1. The number of carbonyl (C=O) groups is 5. The van der Waals surface area contributed by atoms with Gasteiger partial charge in [0.1, 0.15) is 23.7 Å². The molecular formula is C37H52N6O8S. The van der Waals surface area contributed by atoms with Crippen molar-refractivity contribution in [3.05, 3.63) is 47.5 Å². The fourth-order valence-electron chi connectivity index (χ4n) is 7.60. The normalized spacial score (nSPS) is 30.3. The molecule has 1 saturated heterocycles. The third-order valence-electron chi connectivity index (χ3n) is 10.6. The average molecular weight is 741 g/mol. The fourth-order valence-corrected chi connectivity index (χ4v) is 8.96. The van der Waals surface area contributed by atoms with E-state index in [1.165, 1.54) is 10.5 Å². The monoisotopic (exact) mass is 740 g/mol. The third kappa shape index (κ3) is 8.56. The molecule has 0 aromatic heterocycles. The molecule has 6 rings (SSSR count). The van der Waals surface area contributed by atoms with Gasteiger partial charge >= 0.3 is 12.1 Å². The van der Waals surface area contributed by atoms with Gasteiger partial charge in [-0.2, -0.15) is 0 Å². The number of allylic oxidation sites excluding steroid dienone is 1. The average Bonchev–Trinajstić information content (AvgIpc) is 3.99. The van der Waals surface area contributed by atoms with Crippen LogP contribution in [0, 0.1) is 5.92 Å². The number of sulfonamides is 1. The lowest BCUT2D eigenvalue weighted by Gasteiger charge is -2.33. The lowest BCUT2D eigenvalue weighted by molar-refractivity contribution is -0.141. The van der Waals surface area contributed by atoms with E-state index in [-0.39, 0.29) is 25.3 Å². The highest BCUT2D eigenvalue weighted by Gasteiger charge is 2.62. The van der Waals surface area contributed by atoms with Crippen LogP contribution in [-0.4, -0.2) is 95.7 Å². The Balaban J connectivity index is 1.25. The Hall–Kier alpha value is -4.14. The summed E-state index contributed by atoms with van der Waals surface area (Å²) in [6.45, 7) is 8.23. The van der Waals surface area contributed by atoms with E-state index in [0.29, 0.717) is 45.2 Å². The van der Waals surface area contributed by atoms with Crippen molar-refractivity contribution in [2.24, 2.45) is 5.92 Å². The number of fused-ring (bicyclic) bond motifs is 3. The Kier molecular flexibility index (Phi) is 10.6. The highest BCUT2D eigenvalue weighted by atomic mass is 32.2. The zero-order valence-corrected chi connectivity index (χ0v) is 31.3. The van der Waals surface area contributed by atoms with Crippen LogP contribution in [0.25, 0.3) is 0 Å². The molecule has 0 radical (unpaired) electrons. The summed E-state index contributed by atoms with van der Waals surface area (Å²) in [4.78, 5) is 71.8. The molecule has 2 aliphatic carbocycles. The van der Waals surface area contributed by atoms with E-state index in [0.717, 1.165) is 18.4 Å². The molecule has 2 saturated carbocycles. The maximum Gasteiger partial charge on any atom is 0.410 e. The van der Waals surface area contributed by atoms with Gasteiger partial charge < -0.3 is 30.5 Å². The van der Waals surface area contributed by atoms with Crippen LogP contribution in [0.2, 0.25) is 0 Å². The van der Waals surface area contributed by atoms with Gasteiger partial charge in [-0.15, -0.1) is 0 Å². The van der Waals surface area contributed by atoms with Crippen molar-refractivity contribution >= 4 is 39.9 Å². The molecule has 14 nitrogen and oxygen atoms in total. The Morgan fingerprint density at radius 3 is 2.50 bits per heavy atom. The number of rotatable bonds is 5. The first-order chi connectivity index (χ1) is 24.6. The quantitative estimate of drug-likeness (QED) is 0.332. The summed E-state index contributed by atoms with van der Waals surface area (Å²) >= 11 is 0. The van der Waals surface area contributed by atoms with Crippen molar-refractivity contribution in [1.29, 1.82) is 0 Å². The maximum atomic E-state index is 14.4. The number of carbonyl (C=O) groups excluding carboxylic acids is 5. The number of hydrogen-bond acceptors (Lipinski definition) is 8. The number of benzene rings is 1. The molecule has 3 heterocycles. The minimum Gasteiger partial charge on any atom is -0.444 e. The summed E-state index contributed by atoms with van der Waals surface area (Å²) in [5.41, 5.74) is 0.116. The predicted octanol–water partition coefficient (Wildman–Crippen LogP) is 3.18. The van der Waals surface area contributed by atoms with Crippen LogP contribution < -0.4 is 20.7 Å². The molecule has 52 heavy (non-hydrogen) atoms. The molecule has 3 fully saturated rings. The second-order valence-corrected chi connectivity index (χ2v) is 18.1. The smallest absolute Gasteiger partial charge is 0.410 e. The molecule has 1 aromatic carbocycles. The summed E-state index contributed by atoms with van der Waals surface area (Å²) in [5.74, 6) is -2.31. The molecule has 0 bridgehead atoms. The van der Waals surface area contributed by atoms with Crippen LogP contribution in [0.4, 0.5) is 9.59 Å². The Labute approximate surface area is 305 Å². The fraction of sp³-hybridized carbons (Fsp3) is 0.649. The van der Waals surface area contributed by atoms with E-state index >= 15 is 0 Å². The second kappa shape index (κ2) is 14.7. The van der Waals surface area contributed by atoms with Crippen LogP contribution in [0.3, 0.4) is 0 Å². The van der Waals surface area contributed by atoms with Crippen molar-refractivity contribution < 1.29 is 37.1 Å². The van der Waals surface area contributed by atoms with Crippen LogP contribution in [-0.2, 0) is 35.7 Å². The number of hydrogen-bond donors (Lipinski definition) is 4. The summed E-state index contributed by atoms with van der Waals surface area (Å²) in [7, 11) is -3.89. The summed E-state index contributed by atoms with van der Waals surface area (Å²) in [5, 5.41) is 7.86. The first-order valence-electron chi connectivity index (χ1n) is 18.5. The first-order valence-corrected chi connectivity index (χ1v) is 20.1. The second-order valence-electron chi connectivity index (χ2n) is 16.1. The van der Waals surface area contributed by atoms with E-state index in [4.69, 9.17) is 4.74 Å². The molecule has 0 spiro atoms. The van der Waals surface area contributed by atoms with E-state index in [1.54, 1.807) is 4.90 Å². The van der Waals surface area contributed by atoms with Crippen LogP contribution in [0.15, 0.2) is 36.4 Å². The topological polar surface area (TPSA) is 183 Å². The van der Waals surface area contributed by atoms with Gasteiger partial charge in [-0.05, 0) is 76.3 Å². The van der Waals surface area contributed by atoms with Gasteiger partial charge in [0.2, 0.25) is 21.8 Å². The van der Waals surface area contributed by atoms with Crippen molar-refractivity contribution in [2.45, 2.75) is 132 Å². The van der Waals surface area contributed by atoms with Gasteiger partial charge in [0.15, 0.2) is 0 Å². The third-order valence-corrected chi connectivity index (χ3v) is 12.4. The van der Waals surface area contributed by atoms with E-state index < -0.39 is 80.3 Å². The number of amides is 6. The molecule has 1 unspecified atom stereocenters. The molecule has 3 aliphatic heterocycles. The van der Waals surface area contributed by atoms with Crippen LogP contribution in [0.1, 0.15) is 103 Å². The van der Waals surface area contributed by atoms with Gasteiger partial charge in [-0.1, -0.05) is 56.2 Å². The molecule has 284 valence electrons. The Morgan fingerprint density at radius 1 is 1.02 bits per heavy atom. The Bertz CT molecular complexity index is 1720. The highest BCUT2D eigenvalue weighted by Crippen LogP contribution is 2.46. The molecule has 1 aromatic rings. The van der Waals surface area contributed by atoms with Crippen molar-refractivity contribution in [3.8, 4) is 0 Å². The molecule has 5 aliphatic rings. The van der Waals surface area contributed by atoms with Gasteiger partial charge in [-0.3, -0.25) is 19.1 Å². The van der Waals surface area contributed by atoms with Crippen molar-refractivity contribution in [1.82, 2.24) is 30.5 Å². The van der Waals surface area contributed by atoms with Gasteiger partial charge in [-0.25, -0.2) is 18.0 Å². The zero-order valence-electron chi connectivity index (χ0n) is 30.5. The van der Waals surface area contributed by atoms with E-state index in [1.807, 2.05) is 58.0 Å². The van der Waals surface area contributed by atoms with E-state index in [2.05, 4.69) is 26.7 Å². The number of nitrogens with zero attached hydrogens (tertiary/aromatic N) is 2. The molecule has 4 N–H and O–H groups in total.